The number of nitrogens with zero attached hydrogens (tertiary/aromatic N) is 4. The molecule has 10 nitrogen and oxygen atoms in total. The zero-order chi connectivity index (χ0) is 24.1. The van der Waals surface area contributed by atoms with E-state index in [4.69, 9.17) is 0 Å². The van der Waals surface area contributed by atoms with Gasteiger partial charge in [0.15, 0.2) is 0 Å². The van der Waals surface area contributed by atoms with Crippen molar-refractivity contribution in [3.63, 3.8) is 0 Å². The summed E-state index contributed by atoms with van der Waals surface area (Å²) in [5, 5.41) is 7.79. The van der Waals surface area contributed by atoms with Gasteiger partial charge in [-0.15, -0.1) is 11.3 Å². The minimum atomic E-state index is -0.650. The number of anilines is 1. The molecule has 11 heteroatoms. The highest BCUT2D eigenvalue weighted by Gasteiger charge is 2.23. The van der Waals surface area contributed by atoms with E-state index in [1.807, 2.05) is 35.2 Å². The second-order valence-electron chi connectivity index (χ2n) is 8.00. The van der Waals surface area contributed by atoms with Gasteiger partial charge in [0.2, 0.25) is 5.91 Å². The number of aromatic nitrogens is 2. The number of carbonyl (C=O) groups excluding carboxylic acids is 3. The van der Waals surface area contributed by atoms with E-state index in [2.05, 4.69) is 30.8 Å². The first-order chi connectivity index (χ1) is 16.4. The first kappa shape index (κ1) is 23.4. The van der Waals surface area contributed by atoms with Crippen LogP contribution in [0.15, 0.2) is 42.0 Å². The lowest BCUT2D eigenvalue weighted by Gasteiger charge is -2.35. The molecule has 3 heterocycles. The first-order valence-corrected chi connectivity index (χ1v) is 11.9. The van der Waals surface area contributed by atoms with Crippen molar-refractivity contribution >= 4 is 45.2 Å². The van der Waals surface area contributed by atoms with Crippen LogP contribution in [-0.2, 0) is 11.3 Å². The fourth-order valence-electron chi connectivity index (χ4n) is 3.73. The van der Waals surface area contributed by atoms with Crippen LogP contribution in [0.25, 0.3) is 10.2 Å². The third-order valence-corrected chi connectivity index (χ3v) is 6.52. The van der Waals surface area contributed by atoms with Crippen molar-refractivity contribution in [1.82, 2.24) is 30.8 Å². The number of pyridine rings is 1. The molecule has 0 spiro atoms. The van der Waals surface area contributed by atoms with E-state index in [9.17, 15) is 14.4 Å². The Morgan fingerprint density at radius 3 is 2.65 bits per heavy atom. The molecule has 0 unspecified atom stereocenters. The van der Waals surface area contributed by atoms with Crippen molar-refractivity contribution in [2.45, 2.75) is 19.5 Å². The van der Waals surface area contributed by atoms with Crippen LogP contribution in [0.5, 0.6) is 0 Å². The third kappa shape index (κ3) is 5.42. The van der Waals surface area contributed by atoms with Crippen LogP contribution in [0.3, 0.4) is 0 Å². The van der Waals surface area contributed by atoms with E-state index in [1.165, 1.54) is 7.05 Å². The molecule has 0 radical (unpaired) electrons. The summed E-state index contributed by atoms with van der Waals surface area (Å²) in [5.74, 6) is 0.544. The second kappa shape index (κ2) is 10.5. The van der Waals surface area contributed by atoms with Gasteiger partial charge in [0.25, 0.3) is 5.91 Å². The van der Waals surface area contributed by atoms with E-state index >= 15 is 0 Å². The Kier molecular flexibility index (Phi) is 7.21. The summed E-state index contributed by atoms with van der Waals surface area (Å²) in [6.45, 7) is 4.48. The van der Waals surface area contributed by atoms with E-state index in [0.717, 1.165) is 21.6 Å². The van der Waals surface area contributed by atoms with Gasteiger partial charge in [0, 0.05) is 51.5 Å². The van der Waals surface area contributed by atoms with Crippen molar-refractivity contribution < 1.29 is 14.4 Å². The highest BCUT2D eigenvalue weighted by molar-refractivity contribution is 7.16. The van der Waals surface area contributed by atoms with Crippen LogP contribution in [0, 0.1) is 0 Å². The van der Waals surface area contributed by atoms with Crippen molar-refractivity contribution in [3.8, 4) is 0 Å². The summed E-state index contributed by atoms with van der Waals surface area (Å²) in [5.41, 5.74) is 4.19. The van der Waals surface area contributed by atoms with Crippen molar-refractivity contribution in [3.05, 3.63) is 53.2 Å². The monoisotopic (exact) mass is 481 g/mol. The van der Waals surface area contributed by atoms with E-state index in [0.29, 0.717) is 38.3 Å². The summed E-state index contributed by atoms with van der Waals surface area (Å²) in [7, 11) is 1.50. The molecule has 0 aliphatic carbocycles. The molecule has 1 fully saturated rings. The largest absolute Gasteiger partial charge is 0.353 e. The lowest BCUT2D eigenvalue weighted by molar-refractivity contribution is -0.122. The fourth-order valence-corrected chi connectivity index (χ4v) is 4.39. The maximum absolute atomic E-state index is 12.9. The normalized spacial score (nSPS) is 14.5. The number of hydrogen-bond acceptors (Lipinski definition) is 7. The summed E-state index contributed by atoms with van der Waals surface area (Å²) in [4.78, 5) is 49.3. The summed E-state index contributed by atoms with van der Waals surface area (Å²) in [6, 6.07) is 8.38. The molecule has 0 bridgehead atoms. The quantitative estimate of drug-likeness (QED) is 0.492. The third-order valence-electron chi connectivity index (χ3n) is 5.71. The smallest absolute Gasteiger partial charge is 0.315 e. The Morgan fingerprint density at radius 1 is 1.09 bits per heavy atom. The number of piperazine rings is 1. The molecule has 1 aromatic carbocycles. The zero-order valence-corrected chi connectivity index (χ0v) is 19.9. The van der Waals surface area contributed by atoms with Gasteiger partial charge in [0.1, 0.15) is 11.9 Å². The van der Waals surface area contributed by atoms with Crippen molar-refractivity contribution in [1.29, 1.82) is 0 Å². The second-order valence-corrected chi connectivity index (χ2v) is 8.89. The average molecular weight is 482 g/mol. The topological polar surface area (TPSA) is 120 Å². The molecule has 3 N–H and O–H groups in total. The Morgan fingerprint density at radius 2 is 1.88 bits per heavy atom. The van der Waals surface area contributed by atoms with Crippen LogP contribution in [-0.4, -0.2) is 72.0 Å². The molecule has 178 valence electrons. The summed E-state index contributed by atoms with van der Waals surface area (Å²) >= 11 is 1.56. The highest BCUT2D eigenvalue weighted by Crippen LogP contribution is 2.21. The van der Waals surface area contributed by atoms with Crippen LogP contribution in [0.2, 0.25) is 0 Å². The van der Waals surface area contributed by atoms with E-state index in [-0.39, 0.29) is 11.8 Å². The molecule has 4 rings (SSSR count). The van der Waals surface area contributed by atoms with Gasteiger partial charge >= 0.3 is 6.03 Å². The number of thiazole rings is 1. The maximum atomic E-state index is 12.9. The number of nitrogens with one attached hydrogen (secondary N) is 3. The molecule has 3 aromatic rings. The first-order valence-electron chi connectivity index (χ1n) is 11.0. The molecule has 34 heavy (non-hydrogen) atoms. The van der Waals surface area contributed by atoms with Gasteiger partial charge in [0.05, 0.1) is 15.7 Å². The van der Waals surface area contributed by atoms with Gasteiger partial charge in [-0.3, -0.25) is 9.59 Å². The number of rotatable bonds is 6. The minimum Gasteiger partial charge on any atom is -0.353 e. The lowest BCUT2D eigenvalue weighted by atomic mass is 10.1. The fraction of sp³-hybridized carbons (Fsp3) is 0.348. The molecular weight excluding hydrogens is 454 g/mol. The van der Waals surface area contributed by atoms with Crippen LogP contribution < -0.4 is 20.9 Å². The number of urea groups is 1. The number of fused-ring (bicyclic) bond motifs is 1. The number of carbonyl (C=O) groups is 3. The maximum Gasteiger partial charge on any atom is 0.315 e. The van der Waals surface area contributed by atoms with Crippen molar-refractivity contribution in [2.24, 2.45) is 0 Å². The van der Waals surface area contributed by atoms with Crippen molar-refractivity contribution in [2.75, 3.05) is 38.1 Å². The Bertz CT molecular complexity index is 1190. The number of hydrogen-bond donors (Lipinski definition) is 3. The van der Waals surface area contributed by atoms with E-state index < -0.39 is 12.1 Å². The Labute approximate surface area is 201 Å². The predicted molar refractivity (Wildman–Crippen MR) is 131 cm³/mol. The number of amides is 4. The van der Waals surface area contributed by atoms with Gasteiger partial charge in [-0.25, -0.2) is 14.8 Å². The van der Waals surface area contributed by atoms with Crippen LogP contribution in [0.1, 0.15) is 22.8 Å². The Hall–Kier alpha value is -3.73. The van der Waals surface area contributed by atoms with E-state index in [1.54, 1.807) is 30.0 Å². The molecule has 4 amide bonds. The molecule has 2 aromatic heterocycles. The zero-order valence-electron chi connectivity index (χ0n) is 19.1. The standard InChI is InChI=1S/C23H27N7O3S/c1-15(28-23(33)24-2)21(31)26-13-16-5-6-25-20(11-16)29-7-9-30(10-8-29)22(32)17-3-4-19-18(12-17)27-14-34-19/h3-6,11-12,14-15H,7-10,13H2,1-2H3,(H,26,31)(H2,24,28,33)/t15-/m1/s1. The summed E-state index contributed by atoms with van der Waals surface area (Å²) < 4.78 is 1.07. The molecule has 1 saturated heterocycles. The summed E-state index contributed by atoms with van der Waals surface area (Å²) in [6.07, 6.45) is 1.71. The average Bonchev–Trinajstić information content (AvgIpc) is 3.35. The number of benzene rings is 1. The van der Waals surface area contributed by atoms with Gasteiger partial charge in [-0.05, 0) is 42.8 Å². The van der Waals surface area contributed by atoms with Gasteiger partial charge in [-0.1, -0.05) is 0 Å². The van der Waals surface area contributed by atoms with Gasteiger partial charge < -0.3 is 25.8 Å². The molecular formula is C23H27N7O3S. The molecule has 1 aliphatic heterocycles. The lowest BCUT2D eigenvalue weighted by Crippen LogP contribution is -2.49. The highest BCUT2D eigenvalue weighted by atomic mass is 32.1. The SMILES string of the molecule is CNC(=O)N[C@H](C)C(=O)NCc1ccnc(N2CCN(C(=O)c3ccc4scnc4c3)CC2)c1. The Balaban J connectivity index is 1.31. The molecule has 1 atom stereocenters. The minimum absolute atomic E-state index is 0.0125. The molecule has 0 saturated carbocycles. The van der Waals surface area contributed by atoms with Crippen LogP contribution in [0.4, 0.5) is 10.6 Å². The van der Waals surface area contributed by atoms with Crippen LogP contribution >= 0.6 is 11.3 Å². The molecule has 1 aliphatic rings. The predicted octanol–water partition coefficient (Wildman–Crippen LogP) is 1.59. The van der Waals surface area contributed by atoms with Gasteiger partial charge in [-0.2, -0.15) is 0 Å².